The Kier molecular flexibility index (Phi) is 10.5. The van der Waals surface area contributed by atoms with Crippen LogP contribution in [0, 0.1) is 0 Å². The lowest BCUT2D eigenvalue weighted by Crippen LogP contribution is -2.41. The monoisotopic (exact) mass is 343 g/mol. The van der Waals surface area contributed by atoms with E-state index in [1.165, 1.54) is 0 Å². The van der Waals surface area contributed by atoms with Crippen molar-refractivity contribution < 1.29 is 23.7 Å². The van der Waals surface area contributed by atoms with Crippen LogP contribution < -0.4 is 5.32 Å². The number of amides is 1. The average Bonchev–Trinajstić information content (AvgIpc) is 2.36. The van der Waals surface area contributed by atoms with Crippen molar-refractivity contribution in [3.05, 3.63) is 0 Å². The first-order valence-corrected chi connectivity index (χ1v) is 10.7. The SMILES string of the molecule is CCC[C@H](NC(=O)CSP(=S)(OCC)OCC)C(=O)O. The molecule has 0 unspecified atom stereocenters. The molecule has 0 bridgehead atoms. The Morgan fingerprint density at radius 1 is 1.30 bits per heavy atom. The number of carbonyl (C=O) groups excluding carboxylic acids is 1. The molecule has 1 atom stereocenters. The average molecular weight is 343 g/mol. The molecule has 0 aromatic rings. The molecule has 0 spiro atoms. The molecule has 0 heterocycles. The van der Waals surface area contributed by atoms with Gasteiger partial charge in [-0.25, -0.2) is 4.79 Å². The molecule has 118 valence electrons. The zero-order valence-corrected chi connectivity index (χ0v) is 14.5. The minimum atomic E-state index is -2.51. The first-order chi connectivity index (χ1) is 9.38. The predicted octanol–water partition coefficient (Wildman–Crippen LogP) is 2.39. The molecule has 0 radical (unpaired) electrons. The van der Waals surface area contributed by atoms with Crippen molar-refractivity contribution in [2.24, 2.45) is 0 Å². The highest BCUT2D eigenvalue weighted by molar-refractivity contribution is 8.68. The molecule has 0 aliphatic rings. The van der Waals surface area contributed by atoms with Gasteiger partial charge in [0.05, 0.1) is 19.0 Å². The minimum Gasteiger partial charge on any atom is -0.480 e. The van der Waals surface area contributed by atoms with Gasteiger partial charge in [-0.3, -0.25) is 4.79 Å². The van der Waals surface area contributed by atoms with Crippen LogP contribution in [0.1, 0.15) is 33.6 Å². The summed E-state index contributed by atoms with van der Waals surface area (Å²) in [6, 6.07) is -0.856. The number of nitrogens with one attached hydrogen (secondary N) is 1. The second-order valence-electron chi connectivity index (χ2n) is 3.80. The number of hydrogen-bond acceptors (Lipinski definition) is 6. The minimum absolute atomic E-state index is 0.0325. The van der Waals surface area contributed by atoms with Gasteiger partial charge in [0.2, 0.25) is 11.6 Å². The third-order valence-corrected chi connectivity index (χ3v) is 7.54. The lowest BCUT2D eigenvalue weighted by atomic mass is 10.2. The Balaban J connectivity index is 4.37. The van der Waals surface area contributed by atoms with Crippen LogP contribution >= 0.6 is 17.1 Å². The van der Waals surface area contributed by atoms with Gasteiger partial charge in [-0.1, -0.05) is 24.7 Å². The topological polar surface area (TPSA) is 84.9 Å². The fraction of sp³-hybridized carbons (Fsp3) is 0.818. The summed E-state index contributed by atoms with van der Waals surface area (Å²) in [7, 11) is 0. The normalized spacial score (nSPS) is 12.9. The van der Waals surface area contributed by atoms with Crippen LogP contribution in [0.3, 0.4) is 0 Å². The molecule has 0 rings (SSSR count). The lowest BCUT2D eigenvalue weighted by molar-refractivity contribution is -0.141. The van der Waals surface area contributed by atoms with Crippen LogP contribution in [-0.4, -0.2) is 42.0 Å². The van der Waals surface area contributed by atoms with Crippen LogP contribution in [0.2, 0.25) is 0 Å². The second kappa shape index (κ2) is 10.6. The third kappa shape index (κ3) is 8.21. The zero-order chi connectivity index (χ0) is 15.6. The largest absolute Gasteiger partial charge is 0.480 e. The summed E-state index contributed by atoms with van der Waals surface area (Å²) in [6.07, 6.45) is 1.08. The van der Waals surface area contributed by atoms with Gasteiger partial charge < -0.3 is 19.5 Å². The fourth-order valence-corrected chi connectivity index (χ4v) is 5.58. The summed E-state index contributed by atoms with van der Waals surface area (Å²) in [4.78, 5) is 22.7. The Morgan fingerprint density at radius 2 is 1.85 bits per heavy atom. The molecule has 0 saturated heterocycles. The first-order valence-electron chi connectivity index (χ1n) is 6.44. The van der Waals surface area contributed by atoms with Gasteiger partial charge in [-0.2, -0.15) is 0 Å². The van der Waals surface area contributed by atoms with Gasteiger partial charge in [0.25, 0.3) is 0 Å². The van der Waals surface area contributed by atoms with E-state index in [-0.39, 0.29) is 11.7 Å². The van der Waals surface area contributed by atoms with Crippen molar-refractivity contribution in [3.63, 3.8) is 0 Å². The molecule has 0 aromatic heterocycles. The number of carboxylic acid groups (broad SMARTS) is 1. The van der Waals surface area contributed by atoms with Crippen molar-refractivity contribution in [3.8, 4) is 0 Å². The Bertz CT molecular complexity index is 357. The van der Waals surface area contributed by atoms with E-state index in [4.69, 9.17) is 26.0 Å². The van der Waals surface area contributed by atoms with Crippen LogP contribution in [0.4, 0.5) is 0 Å². The lowest BCUT2D eigenvalue weighted by Gasteiger charge is -2.20. The van der Waals surface area contributed by atoms with Crippen LogP contribution in [-0.2, 0) is 30.4 Å². The fourth-order valence-electron chi connectivity index (χ4n) is 1.35. The second-order valence-corrected chi connectivity index (χ2v) is 10.1. The number of carboxylic acids is 1. The van der Waals surface area contributed by atoms with Crippen LogP contribution in [0.15, 0.2) is 0 Å². The smallest absolute Gasteiger partial charge is 0.326 e. The predicted molar refractivity (Wildman–Crippen MR) is 84.5 cm³/mol. The number of carbonyl (C=O) groups is 2. The highest BCUT2D eigenvalue weighted by Gasteiger charge is 2.23. The molecule has 1 amide bonds. The summed E-state index contributed by atoms with van der Waals surface area (Å²) in [5, 5.41) is 11.4. The molecule has 0 aliphatic carbocycles. The van der Waals surface area contributed by atoms with Gasteiger partial charge in [-0.15, -0.1) is 0 Å². The quantitative estimate of drug-likeness (QED) is 0.557. The van der Waals surface area contributed by atoms with Crippen LogP contribution in [0.5, 0.6) is 0 Å². The van der Waals surface area contributed by atoms with Crippen molar-refractivity contribution in [2.75, 3.05) is 19.0 Å². The molecule has 0 fully saturated rings. The van der Waals surface area contributed by atoms with E-state index in [1.807, 2.05) is 20.8 Å². The maximum absolute atomic E-state index is 11.8. The van der Waals surface area contributed by atoms with E-state index < -0.39 is 17.7 Å². The Morgan fingerprint density at radius 3 is 2.25 bits per heavy atom. The molecule has 20 heavy (non-hydrogen) atoms. The standard InChI is InChI=1S/C11H22NO5PS2/c1-4-7-9(11(14)15)12-10(13)8-20-18(19,16-5-2)17-6-3/h9H,4-8H2,1-3H3,(H,12,13)(H,14,15)/t9-/m0/s1. The molecule has 2 N–H and O–H groups in total. The van der Waals surface area contributed by atoms with Gasteiger partial charge in [-0.05, 0) is 32.1 Å². The van der Waals surface area contributed by atoms with Gasteiger partial charge in [0.1, 0.15) is 6.04 Å². The van der Waals surface area contributed by atoms with Crippen molar-refractivity contribution in [2.45, 2.75) is 39.7 Å². The highest BCUT2D eigenvalue weighted by Crippen LogP contribution is 2.60. The summed E-state index contributed by atoms with van der Waals surface area (Å²) in [6.45, 7) is 6.31. The molecule has 9 heteroatoms. The highest BCUT2D eigenvalue weighted by atomic mass is 32.9. The number of aliphatic carboxylic acids is 1. The molecular weight excluding hydrogens is 321 g/mol. The molecule has 0 aliphatic heterocycles. The van der Waals surface area contributed by atoms with E-state index in [0.717, 1.165) is 11.4 Å². The van der Waals surface area contributed by atoms with E-state index in [0.29, 0.717) is 26.1 Å². The van der Waals surface area contributed by atoms with Crippen molar-refractivity contribution in [1.29, 1.82) is 0 Å². The number of hydrogen-bond donors (Lipinski definition) is 2. The number of rotatable bonds is 11. The molecule has 0 aromatic carbocycles. The maximum Gasteiger partial charge on any atom is 0.326 e. The summed E-state index contributed by atoms with van der Waals surface area (Å²) in [5.41, 5.74) is -2.51. The Labute approximate surface area is 128 Å². The summed E-state index contributed by atoms with van der Waals surface area (Å²) >= 11 is 6.40. The van der Waals surface area contributed by atoms with Crippen molar-refractivity contribution >= 4 is 40.8 Å². The summed E-state index contributed by atoms with van der Waals surface area (Å²) in [5.74, 6) is -1.37. The van der Waals surface area contributed by atoms with Gasteiger partial charge in [0.15, 0.2) is 0 Å². The van der Waals surface area contributed by atoms with Gasteiger partial charge in [0, 0.05) is 0 Å². The Hall–Kier alpha value is -0.140. The van der Waals surface area contributed by atoms with Crippen molar-refractivity contribution in [1.82, 2.24) is 5.32 Å². The van der Waals surface area contributed by atoms with Crippen LogP contribution in [0.25, 0.3) is 0 Å². The van der Waals surface area contributed by atoms with Gasteiger partial charge >= 0.3 is 5.97 Å². The van der Waals surface area contributed by atoms with E-state index in [1.54, 1.807) is 0 Å². The third-order valence-electron chi connectivity index (χ3n) is 2.14. The first kappa shape index (κ1) is 19.9. The van der Waals surface area contributed by atoms with E-state index in [2.05, 4.69) is 5.32 Å². The van der Waals surface area contributed by atoms with E-state index in [9.17, 15) is 9.59 Å². The zero-order valence-electron chi connectivity index (χ0n) is 12.0. The molecule has 0 saturated carbocycles. The van der Waals surface area contributed by atoms with E-state index >= 15 is 0 Å². The molecule has 6 nitrogen and oxygen atoms in total. The maximum atomic E-state index is 11.8. The molecular formula is C11H22NO5PS2. The summed E-state index contributed by atoms with van der Waals surface area (Å²) < 4.78 is 10.8.